The van der Waals surface area contributed by atoms with Gasteiger partial charge in [0.25, 0.3) is 0 Å². The van der Waals surface area contributed by atoms with Gasteiger partial charge in [-0.1, -0.05) is 6.07 Å². The van der Waals surface area contributed by atoms with Crippen molar-refractivity contribution < 1.29 is 22.7 Å². The number of aliphatic imine (C=N–C) groups is 1. The zero-order chi connectivity index (χ0) is 27.7. The van der Waals surface area contributed by atoms with Crippen molar-refractivity contribution in [1.82, 2.24) is 9.97 Å². The van der Waals surface area contributed by atoms with Crippen LogP contribution in [-0.4, -0.2) is 42.1 Å². The van der Waals surface area contributed by atoms with Crippen LogP contribution in [0.15, 0.2) is 53.2 Å². The smallest absolute Gasteiger partial charge is 0.412 e. The Morgan fingerprint density at radius 3 is 2.74 bits per heavy atom. The number of fused-ring (bicyclic) bond motifs is 1. The minimum Gasteiger partial charge on any atom is -0.465 e. The lowest BCUT2D eigenvalue weighted by Crippen LogP contribution is -2.41. The van der Waals surface area contributed by atoms with E-state index in [1.807, 2.05) is 25.1 Å². The number of esters is 1. The maximum atomic E-state index is 13.0. The molecule has 38 heavy (non-hydrogen) atoms. The number of ether oxygens (including phenoxy) is 1. The van der Waals surface area contributed by atoms with Crippen LogP contribution in [0.25, 0.3) is 10.6 Å². The first-order valence-electron chi connectivity index (χ1n) is 11.9. The van der Waals surface area contributed by atoms with Gasteiger partial charge in [-0.05, 0) is 80.1 Å². The topological polar surface area (TPSA) is 102 Å². The summed E-state index contributed by atoms with van der Waals surface area (Å²) in [5.74, 6) is 0.00954. The van der Waals surface area contributed by atoms with Gasteiger partial charge in [0.15, 0.2) is 0 Å². The maximum absolute atomic E-state index is 13.0. The van der Waals surface area contributed by atoms with Crippen LogP contribution >= 0.6 is 11.3 Å². The number of amidine groups is 1. The second-order valence-corrected chi connectivity index (χ2v) is 10.2. The second kappa shape index (κ2) is 10.7. The van der Waals surface area contributed by atoms with Crippen molar-refractivity contribution in [2.45, 2.75) is 44.8 Å². The highest BCUT2D eigenvalue weighted by molar-refractivity contribution is 7.15. The molecule has 4 rings (SSSR count). The number of allylic oxidation sites excluding steroid dienone is 1. The lowest BCUT2D eigenvalue weighted by molar-refractivity contribution is -0.0912. The summed E-state index contributed by atoms with van der Waals surface area (Å²) >= 11 is 1.42. The molecule has 1 atom stereocenters. The van der Waals surface area contributed by atoms with Crippen LogP contribution in [0, 0.1) is 6.92 Å². The fraction of sp³-hybridized carbons (Fsp3) is 0.333. The number of rotatable bonds is 5. The van der Waals surface area contributed by atoms with Crippen LogP contribution in [0.5, 0.6) is 0 Å². The Morgan fingerprint density at radius 2 is 2.05 bits per heavy atom. The van der Waals surface area contributed by atoms with Gasteiger partial charge in [-0.3, -0.25) is 4.99 Å². The molecule has 0 fully saturated rings. The molecular formula is C27H28F3N5O2S. The number of hydrogen-bond acceptors (Lipinski definition) is 7. The fourth-order valence-electron chi connectivity index (χ4n) is 4.43. The highest BCUT2D eigenvalue weighted by Crippen LogP contribution is 2.42. The average Bonchev–Trinajstić information content (AvgIpc) is 3.38. The van der Waals surface area contributed by atoms with E-state index in [0.29, 0.717) is 23.5 Å². The van der Waals surface area contributed by atoms with Gasteiger partial charge >= 0.3 is 12.1 Å². The first kappa shape index (κ1) is 27.5. The zero-order valence-corrected chi connectivity index (χ0v) is 22.3. The predicted octanol–water partition coefficient (Wildman–Crippen LogP) is 5.79. The van der Waals surface area contributed by atoms with Crippen LogP contribution in [0.1, 0.15) is 51.8 Å². The molecule has 1 aromatic carbocycles. The number of pyridine rings is 1. The van der Waals surface area contributed by atoms with E-state index in [-0.39, 0.29) is 5.84 Å². The van der Waals surface area contributed by atoms with E-state index in [2.05, 4.69) is 20.3 Å². The molecule has 200 valence electrons. The molecule has 1 aliphatic rings. The Bertz CT molecular complexity index is 1430. The number of nitrogens with one attached hydrogen (secondary N) is 1. The number of benzene rings is 1. The fourth-order valence-corrected chi connectivity index (χ4v) is 5.45. The van der Waals surface area contributed by atoms with Crippen molar-refractivity contribution in [3.8, 4) is 10.6 Å². The molecule has 11 heteroatoms. The van der Waals surface area contributed by atoms with E-state index in [1.54, 1.807) is 18.3 Å². The molecule has 3 aromatic rings. The number of methoxy groups -OCH3 is 1. The Balaban J connectivity index is 1.65. The number of anilines is 1. The molecule has 3 N–H and O–H groups in total. The molecule has 0 aliphatic heterocycles. The van der Waals surface area contributed by atoms with Crippen molar-refractivity contribution in [2.24, 2.45) is 10.7 Å². The van der Waals surface area contributed by atoms with Gasteiger partial charge in [-0.25, -0.2) is 14.8 Å². The molecule has 7 nitrogen and oxygen atoms in total. The third kappa shape index (κ3) is 5.63. The molecule has 1 aliphatic carbocycles. The Morgan fingerprint density at radius 1 is 1.29 bits per heavy atom. The molecule has 0 spiro atoms. The van der Waals surface area contributed by atoms with Crippen LogP contribution in [0.2, 0.25) is 0 Å². The maximum Gasteiger partial charge on any atom is 0.412 e. The van der Waals surface area contributed by atoms with Gasteiger partial charge in [-0.2, -0.15) is 13.2 Å². The second-order valence-electron chi connectivity index (χ2n) is 9.19. The highest BCUT2D eigenvalue weighted by Gasteiger charge is 2.37. The normalized spacial score (nSPS) is 18.2. The van der Waals surface area contributed by atoms with Gasteiger partial charge in [-0.15, -0.1) is 11.3 Å². The van der Waals surface area contributed by atoms with Gasteiger partial charge in [0.05, 0.1) is 28.8 Å². The number of alkyl halides is 3. The number of nitrogens with zero attached hydrogens (tertiary/aromatic N) is 3. The van der Waals surface area contributed by atoms with Gasteiger partial charge in [0.2, 0.25) is 0 Å². The molecular weight excluding hydrogens is 515 g/mol. The summed E-state index contributed by atoms with van der Waals surface area (Å²) < 4.78 is 43.8. The lowest BCUT2D eigenvalue weighted by Gasteiger charge is -2.34. The Labute approximate surface area is 222 Å². The molecule has 0 saturated carbocycles. The number of halogens is 3. The minimum atomic E-state index is -4.45. The van der Waals surface area contributed by atoms with Crippen LogP contribution in [0.3, 0.4) is 0 Å². The summed E-state index contributed by atoms with van der Waals surface area (Å²) in [7, 11) is 2.76. The lowest BCUT2D eigenvalue weighted by atomic mass is 9.77. The SMILES string of the molecule is CN=C(/C=C(\C)C(F)(F)F)Nc1cc(C)cc(-c2cnc(C3(N)CCCc4cc(C(=O)OC)ccc43)s2)n1. The summed E-state index contributed by atoms with van der Waals surface area (Å²) in [6.07, 6.45) is 0.538. The summed E-state index contributed by atoms with van der Waals surface area (Å²) in [5.41, 5.74) is 9.23. The highest BCUT2D eigenvalue weighted by atomic mass is 32.1. The molecule has 0 saturated heterocycles. The standard InChI is InChI=1S/C27H28F3N5O2S/c1-15-10-20(34-23(11-15)35-22(32-3)12-16(2)27(28,29)30)21-14-33-25(38-21)26(31)9-5-6-17-13-18(24(36)37-4)7-8-19(17)26/h7-8,10-14H,5-6,9,31H2,1-4H3,(H,32,34,35)/b16-12+. The quantitative estimate of drug-likeness (QED) is 0.240. The van der Waals surface area contributed by atoms with Crippen molar-refractivity contribution in [3.63, 3.8) is 0 Å². The summed E-state index contributed by atoms with van der Waals surface area (Å²) in [6.45, 7) is 2.86. The summed E-state index contributed by atoms with van der Waals surface area (Å²) in [5, 5.41) is 3.60. The molecule has 0 radical (unpaired) electrons. The van der Waals surface area contributed by atoms with E-state index in [4.69, 9.17) is 10.5 Å². The zero-order valence-electron chi connectivity index (χ0n) is 21.4. The molecule has 2 aromatic heterocycles. The predicted molar refractivity (Wildman–Crippen MR) is 143 cm³/mol. The van der Waals surface area contributed by atoms with Gasteiger partial charge in [0, 0.05) is 18.8 Å². The number of hydrogen-bond donors (Lipinski definition) is 2. The third-order valence-electron chi connectivity index (χ3n) is 6.43. The molecule has 0 bridgehead atoms. The molecule has 1 unspecified atom stereocenters. The van der Waals surface area contributed by atoms with E-state index in [1.165, 1.54) is 25.5 Å². The summed E-state index contributed by atoms with van der Waals surface area (Å²) in [6, 6.07) is 9.03. The summed E-state index contributed by atoms with van der Waals surface area (Å²) in [4.78, 5) is 25.9. The van der Waals surface area contributed by atoms with E-state index >= 15 is 0 Å². The number of aromatic nitrogens is 2. The van der Waals surface area contributed by atoms with Crippen LogP contribution in [0.4, 0.5) is 19.0 Å². The number of aryl methyl sites for hydroxylation is 2. The average molecular weight is 544 g/mol. The van der Waals surface area contributed by atoms with E-state index in [9.17, 15) is 18.0 Å². The van der Waals surface area contributed by atoms with Crippen molar-refractivity contribution in [1.29, 1.82) is 0 Å². The van der Waals surface area contributed by atoms with Gasteiger partial charge < -0.3 is 15.8 Å². The first-order chi connectivity index (χ1) is 17.9. The number of carbonyl (C=O) groups excluding carboxylic acids is 1. The Kier molecular flexibility index (Phi) is 7.70. The Hall–Kier alpha value is -3.57. The molecule has 2 heterocycles. The van der Waals surface area contributed by atoms with Crippen molar-refractivity contribution in [2.75, 3.05) is 19.5 Å². The van der Waals surface area contributed by atoms with Crippen molar-refractivity contribution in [3.05, 3.63) is 75.4 Å². The van der Waals surface area contributed by atoms with Gasteiger partial charge in [0.1, 0.15) is 16.7 Å². The van der Waals surface area contributed by atoms with Crippen molar-refractivity contribution >= 4 is 29.0 Å². The molecule has 0 amide bonds. The third-order valence-corrected chi connectivity index (χ3v) is 7.63. The first-order valence-corrected chi connectivity index (χ1v) is 12.7. The number of thiazole rings is 1. The largest absolute Gasteiger partial charge is 0.465 e. The monoisotopic (exact) mass is 543 g/mol. The number of nitrogens with two attached hydrogens (primary N) is 1. The minimum absolute atomic E-state index is 0.0416. The number of carbonyl (C=O) groups is 1. The van der Waals surface area contributed by atoms with Crippen LogP contribution in [-0.2, 0) is 16.7 Å². The van der Waals surface area contributed by atoms with E-state index < -0.39 is 23.3 Å². The van der Waals surface area contributed by atoms with Crippen LogP contribution < -0.4 is 11.1 Å². The van der Waals surface area contributed by atoms with E-state index in [0.717, 1.165) is 52.4 Å².